The van der Waals surface area contributed by atoms with Crippen molar-refractivity contribution in [3.05, 3.63) is 71.0 Å². The summed E-state index contributed by atoms with van der Waals surface area (Å²) in [6, 6.07) is 17.9. The standard InChI is InChI=1S/C17H11N5S/c18-11-14-16(13-8-4-5-9-19-13)20-17-22(14)21-15(23-17)10-12-6-2-1-3-7-12/h1-9H,10H2. The molecule has 110 valence electrons. The van der Waals surface area contributed by atoms with Crippen molar-refractivity contribution in [2.45, 2.75) is 6.42 Å². The van der Waals surface area contributed by atoms with Crippen LogP contribution in [-0.2, 0) is 6.42 Å². The van der Waals surface area contributed by atoms with E-state index in [1.54, 1.807) is 10.7 Å². The fraction of sp³-hybridized carbons (Fsp3) is 0.0588. The van der Waals surface area contributed by atoms with Crippen LogP contribution in [0.3, 0.4) is 0 Å². The fourth-order valence-corrected chi connectivity index (χ4v) is 3.34. The molecule has 0 fully saturated rings. The highest BCUT2D eigenvalue weighted by Crippen LogP contribution is 2.26. The zero-order valence-electron chi connectivity index (χ0n) is 12.0. The summed E-state index contributed by atoms with van der Waals surface area (Å²) in [7, 11) is 0. The number of hydrogen-bond donors (Lipinski definition) is 0. The van der Waals surface area contributed by atoms with Gasteiger partial charge in [-0.2, -0.15) is 14.9 Å². The van der Waals surface area contributed by atoms with Crippen molar-refractivity contribution in [2.24, 2.45) is 0 Å². The van der Waals surface area contributed by atoms with Crippen molar-refractivity contribution in [1.82, 2.24) is 19.6 Å². The van der Waals surface area contributed by atoms with E-state index in [0.29, 0.717) is 22.0 Å². The van der Waals surface area contributed by atoms with Crippen LogP contribution >= 0.6 is 11.3 Å². The van der Waals surface area contributed by atoms with E-state index in [9.17, 15) is 5.26 Å². The molecular weight excluding hydrogens is 306 g/mol. The zero-order chi connectivity index (χ0) is 15.6. The van der Waals surface area contributed by atoms with Gasteiger partial charge < -0.3 is 0 Å². The summed E-state index contributed by atoms with van der Waals surface area (Å²) in [6.07, 6.45) is 2.43. The summed E-state index contributed by atoms with van der Waals surface area (Å²) in [5.41, 5.74) is 2.88. The molecule has 0 aliphatic carbocycles. The van der Waals surface area contributed by atoms with Crippen molar-refractivity contribution in [2.75, 3.05) is 0 Å². The molecule has 0 aliphatic heterocycles. The van der Waals surface area contributed by atoms with Crippen molar-refractivity contribution in [3.8, 4) is 17.5 Å². The van der Waals surface area contributed by atoms with Crippen LogP contribution < -0.4 is 0 Å². The lowest BCUT2D eigenvalue weighted by Gasteiger charge is -1.97. The lowest BCUT2D eigenvalue weighted by molar-refractivity contribution is 0.908. The van der Waals surface area contributed by atoms with Crippen LogP contribution in [0.25, 0.3) is 16.3 Å². The Balaban J connectivity index is 1.77. The molecular formula is C17H11N5S. The van der Waals surface area contributed by atoms with Gasteiger partial charge in [0.1, 0.15) is 16.8 Å². The minimum absolute atomic E-state index is 0.425. The maximum atomic E-state index is 9.49. The summed E-state index contributed by atoms with van der Waals surface area (Å²) >= 11 is 1.50. The number of nitrogens with zero attached hydrogens (tertiary/aromatic N) is 5. The van der Waals surface area contributed by atoms with Crippen molar-refractivity contribution >= 4 is 16.3 Å². The van der Waals surface area contributed by atoms with Gasteiger partial charge in [-0.25, -0.2) is 4.98 Å². The molecule has 0 unspecified atom stereocenters. The van der Waals surface area contributed by atoms with Gasteiger partial charge in [0.15, 0.2) is 5.69 Å². The first-order valence-corrected chi connectivity index (χ1v) is 7.90. The third kappa shape index (κ3) is 2.47. The second-order valence-electron chi connectivity index (χ2n) is 4.99. The van der Waals surface area contributed by atoms with Crippen LogP contribution in [0, 0.1) is 11.3 Å². The van der Waals surface area contributed by atoms with Crippen LogP contribution in [0.1, 0.15) is 16.3 Å². The average Bonchev–Trinajstić information content (AvgIpc) is 3.13. The topological polar surface area (TPSA) is 66.9 Å². The highest BCUT2D eigenvalue weighted by molar-refractivity contribution is 7.16. The molecule has 0 saturated carbocycles. The van der Waals surface area contributed by atoms with E-state index in [4.69, 9.17) is 0 Å². The Labute approximate surface area is 136 Å². The molecule has 0 bridgehead atoms. The van der Waals surface area contributed by atoms with Gasteiger partial charge in [0, 0.05) is 12.6 Å². The molecule has 3 heterocycles. The predicted molar refractivity (Wildman–Crippen MR) is 88.1 cm³/mol. The maximum Gasteiger partial charge on any atom is 0.214 e. The Bertz CT molecular complexity index is 996. The number of hydrogen-bond acceptors (Lipinski definition) is 5. The van der Waals surface area contributed by atoms with Crippen LogP contribution in [0.4, 0.5) is 0 Å². The number of nitriles is 1. The van der Waals surface area contributed by atoms with Gasteiger partial charge >= 0.3 is 0 Å². The Morgan fingerprint density at radius 1 is 1.09 bits per heavy atom. The zero-order valence-corrected chi connectivity index (χ0v) is 12.9. The van der Waals surface area contributed by atoms with E-state index < -0.39 is 0 Å². The Morgan fingerprint density at radius 3 is 2.65 bits per heavy atom. The van der Waals surface area contributed by atoms with Crippen LogP contribution in [0.15, 0.2) is 54.7 Å². The van der Waals surface area contributed by atoms with Gasteiger partial charge in [-0.05, 0) is 17.7 Å². The SMILES string of the molecule is N#Cc1c(-c2ccccn2)nc2sc(Cc3ccccc3)nn12. The first kappa shape index (κ1) is 13.6. The monoisotopic (exact) mass is 317 g/mol. The largest absolute Gasteiger partial charge is 0.255 e. The van der Waals surface area contributed by atoms with E-state index in [2.05, 4.69) is 33.3 Å². The normalized spacial score (nSPS) is 10.7. The molecule has 0 spiro atoms. The molecule has 6 heteroatoms. The number of benzene rings is 1. The maximum absolute atomic E-state index is 9.49. The van der Waals surface area contributed by atoms with E-state index in [0.717, 1.165) is 11.4 Å². The van der Waals surface area contributed by atoms with Crippen LogP contribution in [-0.4, -0.2) is 19.6 Å². The quantitative estimate of drug-likeness (QED) is 0.581. The molecule has 3 aromatic heterocycles. The Hall–Kier alpha value is -3.04. The molecule has 1 aromatic carbocycles. The van der Waals surface area contributed by atoms with Gasteiger partial charge in [0.25, 0.3) is 0 Å². The first-order chi connectivity index (χ1) is 11.3. The summed E-state index contributed by atoms with van der Waals surface area (Å²) in [5, 5.41) is 15.0. The van der Waals surface area contributed by atoms with Gasteiger partial charge in [0.05, 0.1) is 5.69 Å². The predicted octanol–water partition coefficient (Wildman–Crippen LogP) is 3.32. The summed E-state index contributed by atoms with van der Waals surface area (Å²) in [4.78, 5) is 9.54. The molecule has 0 N–H and O–H groups in total. The molecule has 4 aromatic rings. The third-order valence-corrected chi connectivity index (χ3v) is 4.37. The molecule has 4 rings (SSSR count). The third-order valence-electron chi connectivity index (χ3n) is 3.46. The van der Waals surface area contributed by atoms with Crippen LogP contribution in [0.2, 0.25) is 0 Å². The van der Waals surface area contributed by atoms with E-state index >= 15 is 0 Å². The van der Waals surface area contributed by atoms with Crippen molar-refractivity contribution in [3.63, 3.8) is 0 Å². The van der Waals surface area contributed by atoms with Crippen molar-refractivity contribution in [1.29, 1.82) is 5.26 Å². The molecule has 23 heavy (non-hydrogen) atoms. The minimum atomic E-state index is 0.425. The fourth-order valence-electron chi connectivity index (χ4n) is 2.41. The highest BCUT2D eigenvalue weighted by Gasteiger charge is 2.18. The molecule has 0 radical (unpaired) electrons. The number of rotatable bonds is 3. The van der Waals surface area contributed by atoms with Crippen LogP contribution in [0.5, 0.6) is 0 Å². The van der Waals surface area contributed by atoms with Crippen molar-refractivity contribution < 1.29 is 0 Å². The molecule has 5 nitrogen and oxygen atoms in total. The summed E-state index contributed by atoms with van der Waals surface area (Å²) in [5.74, 6) is 0. The van der Waals surface area contributed by atoms with E-state index in [1.165, 1.54) is 16.9 Å². The van der Waals surface area contributed by atoms with Gasteiger partial charge in [-0.3, -0.25) is 4.98 Å². The van der Waals surface area contributed by atoms with Gasteiger partial charge in [-0.1, -0.05) is 47.7 Å². The highest BCUT2D eigenvalue weighted by atomic mass is 32.1. The summed E-state index contributed by atoms with van der Waals surface area (Å²) in [6.45, 7) is 0. The lowest BCUT2D eigenvalue weighted by Crippen LogP contribution is -1.94. The Morgan fingerprint density at radius 2 is 1.91 bits per heavy atom. The van der Waals surface area contributed by atoms with Gasteiger partial charge in [-0.15, -0.1) is 0 Å². The van der Waals surface area contributed by atoms with Gasteiger partial charge in [0.2, 0.25) is 4.96 Å². The molecule has 0 amide bonds. The first-order valence-electron chi connectivity index (χ1n) is 7.09. The lowest BCUT2D eigenvalue weighted by atomic mass is 10.2. The number of pyridine rings is 1. The van der Waals surface area contributed by atoms with E-state index in [-0.39, 0.29) is 0 Å². The number of fused-ring (bicyclic) bond motifs is 1. The van der Waals surface area contributed by atoms with E-state index in [1.807, 2.05) is 36.4 Å². The smallest absolute Gasteiger partial charge is 0.214 e. The second kappa shape index (κ2) is 5.63. The molecule has 0 atom stereocenters. The number of aromatic nitrogens is 4. The summed E-state index contributed by atoms with van der Waals surface area (Å²) < 4.78 is 1.62. The Kier molecular flexibility index (Phi) is 3.33. The molecule has 0 aliphatic rings. The second-order valence-corrected chi connectivity index (χ2v) is 6.03. The average molecular weight is 317 g/mol. The molecule has 0 saturated heterocycles. The number of imidazole rings is 1. The minimum Gasteiger partial charge on any atom is -0.255 e.